The van der Waals surface area contributed by atoms with E-state index in [1.165, 1.54) is 57.9 Å². The summed E-state index contributed by atoms with van der Waals surface area (Å²) in [6.07, 6.45) is 11.9. The van der Waals surface area contributed by atoms with Gasteiger partial charge in [0, 0.05) is 6.04 Å². The summed E-state index contributed by atoms with van der Waals surface area (Å²) in [5, 5.41) is 3.70. The lowest BCUT2D eigenvalue weighted by molar-refractivity contribution is 0.113. The van der Waals surface area contributed by atoms with Gasteiger partial charge < -0.3 is 5.32 Å². The van der Waals surface area contributed by atoms with Crippen LogP contribution in [0.25, 0.3) is 0 Å². The van der Waals surface area contributed by atoms with Gasteiger partial charge in [-0.25, -0.2) is 0 Å². The largest absolute Gasteiger partial charge is 0.314 e. The maximum Gasteiger partial charge on any atom is 0.00670 e. The molecule has 2 aliphatic rings. The fourth-order valence-corrected chi connectivity index (χ4v) is 3.90. The maximum atomic E-state index is 3.70. The smallest absolute Gasteiger partial charge is 0.00670 e. The second kappa shape index (κ2) is 6.05. The Hall–Kier alpha value is -0.0400. The summed E-state index contributed by atoms with van der Waals surface area (Å²) < 4.78 is 0. The van der Waals surface area contributed by atoms with Gasteiger partial charge in [-0.05, 0) is 56.9 Å². The molecule has 16 heavy (non-hydrogen) atoms. The van der Waals surface area contributed by atoms with E-state index in [0.717, 1.165) is 23.8 Å². The summed E-state index contributed by atoms with van der Waals surface area (Å²) in [7, 11) is 0. The van der Waals surface area contributed by atoms with Gasteiger partial charge in [0.1, 0.15) is 0 Å². The highest BCUT2D eigenvalue weighted by atomic mass is 14.9. The molecule has 0 amide bonds. The molecule has 0 heterocycles. The molecule has 1 nitrogen and oxygen atoms in total. The minimum atomic E-state index is 0.753. The monoisotopic (exact) mass is 223 g/mol. The van der Waals surface area contributed by atoms with Gasteiger partial charge >= 0.3 is 0 Å². The fraction of sp³-hybridized carbons (Fsp3) is 1.00. The molecule has 0 aromatic heterocycles. The molecule has 2 saturated carbocycles. The van der Waals surface area contributed by atoms with Crippen LogP contribution in [0.5, 0.6) is 0 Å². The maximum absolute atomic E-state index is 3.70. The van der Waals surface area contributed by atoms with Gasteiger partial charge in [0.15, 0.2) is 0 Å². The van der Waals surface area contributed by atoms with Gasteiger partial charge in [-0.2, -0.15) is 0 Å². The SMILES string of the molecule is CCCNC(C)C1CCC2CCCCC2C1. The van der Waals surface area contributed by atoms with Crippen molar-refractivity contribution in [3.05, 3.63) is 0 Å². The van der Waals surface area contributed by atoms with Crippen LogP contribution in [0, 0.1) is 17.8 Å². The Morgan fingerprint density at radius 1 is 1.06 bits per heavy atom. The first-order valence-corrected chi connectivity index (χ1v) is 7.54. The molecule has 4 unspecified atom stereocenters. The first-order valence-electron chi connectivity index (χ1n) is 7.54. The third kappa shape index (κ3) is 3.00. The Bertz CT molecular complexity index is 202. The molecule has 0 aliphatic heterocycles. The van der Waals surface area contributed by atoms with E-state index in [2.05, 4.69) is 19.2 Å². The van der Waals surface area contributed by atoms with Crippen molar-refractivity contribution in [3.8, 4) is 0 Å². The quantitative estimate of drug-likeness (QED) is 0.760. The molecular formula is C15H29N. The molecule has 0 radical (unpaired) electrons. The normalized spacial score (nSPS) is 36.8. The van der Waals surface area contributed by atoms with Crippen LogP contribution in [0.2, 0.25) is 0 Å². The van der Waals surface area contributed by atoms with Gasteiger partial charge in [-0.3, -0.25) is 0 Å². The van der Waals surface area contributed by atoms with E-state index < -0.39 is 0 Å². The third-order valence-corrected chi connectivity index (χ3v) is 5.00. The summed E-state index contributed by atoms with van der Waals surface area (Å²) in [5.74, 6) is 3.15. The molecule has 1 heteroatoms. The van der Waals surface area contributed by atoms with E-state index in [1.807, 2.05) is 0 Å². The Morgan fingerprint density at radius 3 is 2.56 bits per heavy atom. The first-order chi connectivity index (χ1) is 7.81. The molecule has 0 aromatic rings. The molecule has 2 aliphatic carbocycles. The Kier molecular flexibility index (Phi) is 4.69. The van der Waals surface area contributed by atoms with Crippen LogP contribution in [-0.2, 0) is 0 Å². The molecule has 2 fully saturated rings. The molecule has 0 bridgehead atoms. The standard InChI is InChI=1S/C15H29N/c1-3-10-16-12(2)14-9-8-13-6-4-5-7-15(13)11-14/h12-16H,3-11H2,1-2H3. The summed E-state index contributed by atoms with van der Waals surface area (Å²) in [6.45, 7) is 5.87. The molecule has 4 atom stereocenters. The van der Waals surface area contributed by atoms with E-state index in [0.29, 0.717) is 0 Å². The van der Waals surface area contributed by atoms with Crippen LogP contribution in [-0.4, -0.2) is 12.6 Å². The minimum absolute atomic E-state index is 0.753. The second-order valence-electron chi connectivity index (χ2n) is 6.12. The highest BCUT2D eigenvalue weighted by molar-refractivity contribution is 4.86. The van der Waals surface area contributed by atoms with Gasteiger partial charge in [-0.1, -0.05) is 32.6 Å². The summed E-state index contributed by atoms with van der Waals surface area (Å²) in [6, 6.07) is 0.753. The van der Waals surface area contributed by atoms with E-state index in [1.54, 1.807) is 0 Å². The van der Waals surface area contributed by atoms with E-state index in [-0.39, 0.29) is 0 Å². The zero-order valence-electron chi connectivity index (χ0n) is 11.2. The summed E-state index contributed by atoms with van der Waals surface area (Å²) in [5.41, 5.74) is 0. The average Bonchev–Trinajstić information content (AvgIpc) is 2.35. The highest BCUT2D eigenvalue weighted by Gasteiger charge is 2.33. The third-order valence-electron chi connectivity index (χ3n) is 5.00. The molecule has 94 valence electrons. The zero-order valence-corrected chi connectivity index (χ0v) is 11.2. The zero-order chi connectivity index (χ0) is 11.4. The Labute approximate surface area is 101 Å². The number of hydrogen-bond donors (Lipinski definition) is 1. The molecular weight excluding hydrogens is 194 g/mol. The Balaban J connectivity index is 1.79. The van der Waals surface area contributed by atoms with Crippen molar-refractivity contribution in [1.29, 1.82) is 0 Å². The van der Waals surface area contributed by atoms with E-state index >= 15 is 0 Å². The Morgan fingerprint density at radius 2 is 1.81 bits per heavy atom. The number of rotatable bonds is 4. The lowest BCUT2D eigenvalue weighted by Gasteiger charge is -2.41. The predicted octanol–water partition coefficient (Wildman–Crippen LogP) is 3.98. The lowest BCUT2D eigenvalue weighted by atomic mass is 9.66. The van der Waals surface area contributed by atoms with Crippen molar-refractivity contribution in [1.82, 2.24) is 5.32 Å². The predicted molar refractivity (Wildman–Crippen MR) is 70.5 cm³/mol. The number of fused-ring (bicyclic) bond motifs is 1. The number of hydrogen-bond acceptors (Lipinski definition) is 1. The van der Waals surface area contributed by atoms with Crippen LogP contribution < -0.4 is 5.32 Å². The van der Waals surface area contributed by atoms with Crippen LogP contribution in [0.15, 0.2) is 0 Å². The van der Waals surface area contributed by atoms with Crippen LogP contribution in [0.4, 0.5) is 0 Å². The van der Waals surface area contributed by atoms with Crippen LogP contribution >= 0.6 is 0 Å². The second-order valence-corrected chi connectivity index (χ2v) is 6.12. The van der Waals surface area contributed by atoms with Crippen LogP contribution in [0.3, 0.4) is 0 Å². The summed E-state index contributed by atoms with van der Waals surface area (Å²) in [4.78, 5) is 0. The van der Waals surface area contributed by atoms with E-state index in [9.17, 15) is 0 Å². The molecule has 0 saturated heterocycles. The van der Waals surface area contributed by atoms with Crippen molar-refractivity contribution in [2.45, 2.75) is 71.3 Å². The van der Waals surface area contributed by atoms with Crippen LogP contribution in [0.1, 0.15) is 65.2 Å². The fourth-order valence-electron chi connectivity index (χ4n) is 3.90. The van der Waals surface area contributed by atoms with Crippen molar-refractivity contribution in [2.75, 3.05) is 6.54 Å². The van der Waals surface area contributed by atoms with E-state index in [4.69, 9.17) is 0 Å². The lowest BCUT2D eigenvalue weighted by Crippen LogP contribution is -2.39. The minimum Gasteiger partial charge on any atom is -0.314 e. The van der Waals surface area contributed by atoms with Crippen molar-refractivity contribution >= 4 is 0 Å². The molecule has 0 aromatic carbocycles. The van der Waals surface area contributed by atoms with Crippen molar-refractivity contribution in [3.63, 3.8) is 0 Å². The van der Waals surface area contributed by atoms with Gasteiger partial charge in [0.2, 0.25) is 0 Å². The van der Waals surface area contributed by atoms with Gasteiger partial charge in [-0.15, -0.1) is 0 Å². The highest BCUT2D eigenvalue weighted by Crippen LogP contribution is 2.43. The first kappa shape index (κ1) is 12.4. The van der Waals surface area contributed by atoms with Gasteiger partial charge in [0.25, 0.3) is 0 Å². The number of nitrogens with one attached hydrogen (secondary N) is 1. The average molecular weight is 223 g/mol. The molecule has 0 spiro atoms. The van der Waals surface area contributed by atoms with Crippen molar-refractivity contribution < 1.29 is 0 Å². The topological polar surface area (TPSA) is 12.0 Å². The molecule has 1 N–H and O–H groups in total. The summed E-state index contributed by atoms with van der Waals surface area (Å²) >= 11 is 0. The molecule has 2 rings (SSSR count). The van der Waals surface area contributed by atoms with Gasteiger partial charge in [0.05, 0.1) is 0 Å². The van der Waals surface area contributed by atoms with Crippen molar-refractivity contribution in [2.24, 2.45) is 17.8 Å².